The summed E-state index contributed by atoms with van der Waals surface area (Å²) < 4.78 is 1.78. The molecule has 0 aliphatic heterocycles. The van der Waals surface area contributed by atoms with Gasteiger partial charge in [0.1, 0.15) is 0 Å². The van der Waals surface area contributed by atoms with E-state index < -0.39 is 0 Å². The van der Waals surface area contributed by atoms with Gasteiger partial charge < -0.3 is 4.98 Å². The number of aromatic amines is 1. The first kappa shape index (κ1) is 9.90. The molecule has 0 aromatic carbocycles. The number of H-pyrrole nitrogens is 1. The van der Waals surface area contributed by atoms with E-state index in [1.165, 1.54) is 12.8 Å². The van der Waals surface area contributed by atoms with Crippen LogP contribution in [0.3, 0.4) is 0 Å². The maximum Gasteiger partial charge on any atom is 0.327 e. The van der Waals surface area contributed by atoms with Crippen molar-refractivity contribution in [3.8, 4) is 0 Å². The molecule has 0 saturated heterocycles. The van der Waals surface area contributed by atoms with Crippen molar-refractivity contribution in [2.75, 3.05) is 0 Å². The van der Waals surface area contributed by atoms with Crippen molar-refractivity contribution in [3.63, 3.8) is 0 Å². The summed E-state index contributed by atoms with van der Waals surface area (Å²) in [6.45, 7) is 0. The summed E-state index contributed by atoms with van der Waals surface area (Å²) in [6, 6.07) is 2.05. The SMILES string of the molecule is O=c1[nH]c2cc(Cl)cnc2n1C1CCCC1. The van der Waals surface area contributed by atoms with Crippen molar-refractivity contribution in [1.29, 1.82) is 0 Å². The molecule has 1 saturated carbocycles. The van der Waals surface area contributed by atoms with Crippen LogP contribution in [0.1, 0.15) is 31.7 Å². The Labute approximate surface area is 97.3 Å². The van der Waals surface area contributed by atoms with E-state index in [-0.39, 0.29) is 5.69 Å². The Bertz CT molecular complexity index is 580. The predicted molar refractivity (Wildman–Crippen MR) is 62.9 cm³/mol. The molecule has 0 spiro atoms. The van der Waals surface area contributed by atoms with Crippen molar-refractivity contribution < 1.29 is 0 Å². The van der Waals surface area contributed by atoms with Gasteiger partial charge in [-0.15, -0.1) is 0 Å². The topological polar surface area (TPSA) is 50.7 Å². The zero-order valence-electron chi connectivity index (χ0n) is 8.74. The lowest BCUT2D eigenvalue weighted by Gasteiger charge is -2.09. The second kappa shape index (κ2) is 3.63. The molecule has 2 aromatic rings. The van der Waals surface area contributed by atoms with Crippen LogP contribution in [-0.4, -0.2) is 14.5 Å². The number of rotatable bonds is 1. The molecule has 4 nitrogen and oxygen atoms in total. The zero-order valence-corrected chi connectivity index (χ0v) is 9.50. The number of fused-ring (bicyclic) bond motifs is 1. The Morgan fingerprint density at radius 3 is 2.94 bits per heavy atom. The maximum atomic E-state index is 11.9. The number of pyridine rings is 1. The van der Waals surface area contributed by atoms with Crippen molar-refractivity contribution in [1.82, 2.24) is 14.5 Å². The van der Waals surface area contributed by atoms with Crippen molar-refractivity contribution in [2.45, 2.75) is 31.7 Å². The summed E-state index contributed by atoms with van der Waals surface area (Å²) in [7, 11) is 0. The lowest BCUT2D eigenvalue weighted by Crippen LogP contribution is -2.20. The number of aromatic nitrogens is 3. The van der Waals surface area contributed by atoms with Gasteiger partial charge >= 0.3 is 5.69 Å². The second-order valence-corrected chi connectivity index (χ2v) is 4.70. The lowest BCUT2D eigenvalue weighted by atomic mass is 10.2. The molecule has 5 heteroatoms. The van der Waals surface area contributed by atoms with Gasteiger partial charge in [0.2, 0.25) is 0 Å². The zero-order chi connectivity index (χ0) is 11.1. The Kier molecular flexibility index (Phi) is 2.24. The van der Waals surface area contributed by atoms with E-state index in [9.17, 15) is 4.79 Å². The van der Waals surface area contributed by atoms with E-state index in [4.69, 9.17) is 11.6 Å². The van der Waals surface area contributed by atoms with Gasteiger partial charge in [0.15, 0.2) is 5.65 Å². The predicted octanol–water partition coefficient (Wildman–Crippen LogP) is 2.49. The number of halogens is 1. The third kappa shape index (κ3) is 1.45. The van der Waals surface area contributed by atoms with Gasteiger partial charge in [-0.3, -0.25) is 4.57 Å². The fourth-order valence-corrected chi connectivity index (χ4v) is 2.65. The lowest BCUT2D eigenvalue weighted by molar-refractivity contribution is 0.515. The number of nitrogens with one attached hydrogen (secondary N) is 1. The average Bonchev–Trinajstić information content (AvgIpc) is 2.83. The van der Waals surface area contributed by atoms with Gasteiger partial charge in [0, 0.05) is 12.2 Å². The molecular weight excluding hydrogens is 226 g/mol. The molecule has 0 unspecified atom stereocenters. The summed E-state index contributed by atoms with van der Waals surface area (Å²) in [4.78, 5) is 18.9. The third-order valence-corrected chi connectivity index (χ3v) is 3.42. The summed E-state index contributed by atoms with van der Waals surface area (Å²) >= 11 is 5.85. The fourth-order valence-electron chi connectivity index (χ4n) is 2.49. The average molecular weight is 238 g/mol. The molecular formula is C11H12ClN3O. The highest BCUT2D eigenvalue weighted by atomic mass is 35.5. The van der Waals surface area contributed by atoms with E-state index in [2.05, 4.69) is 9.97 Å². The molecule has 1 fully saturated rings. The van der Waals surface area contributed by atoms with Crippen LogP contribution in [0.25, 0.3) is 11.2 Å². The van der Waals surface area contributed by atoms with Crippen LogP contribution in [0.5, 0.6) is 0 Å². The molecule has 0 atom stereocenters. The van der Waals surface area contributed by atoms with Crippen LogP contribution in [0.4, 0.5) is 0 Å². The highest BCUT2D eigenvalue weighted by molar-refractivity contribution is 6.31. The monoisotopic (exact) mass is 237 g/mol. The van der Waals surface area contributed by atoms with Crippen molar-refractivity contribution in [2.24, 2.45) is 0 Å². The first-order valence-corrected chi connectivity index (χ1v) is 5.89. The Balaban J connectivity index is 2.23. The number of nitrogens with zero attached hydrogens (tertiary/aromatic N) is 2. The van der Waals surface area contributed by atoms with E-state index in [1.54, 1.807) is 16.8 Å². The second-order valence-electron chi connectivity index (χ2n) is 4.26. The molecule has 3 rings (SSSR count). The van der Waals surface area contributed by atoms with Crippen LogP contribution in [-0.2, 0) is 0 Å². The van der Waals surface area contributed by atoms with E-state index in [0.29, 0.717) is 11.1 Å². The van der Waals surface area contributed by atoms with Gasteiger partial charge in [-0.25, -0.2) is 9.78 Å². The van der Waals surface area contributed by atoms with Crippen LogP contribution in [0.15, 0.2) is 17.1 Å². The fraction of sp³-hybridized carbons (Fsp3) is 0.455. The van der Waals surface area contributed by atoms with Gasteiger partial charge in [-0.05, 0) is 18.9 Å². The van der Waals surface area contributed by atoms with Crippen LogP contribution >= 0.6 is 11.6 Å². The molecule has 16 heavy (non-hydrogen) atoms. The highest BCUT2D eigenvalue weighted by Gasteiger charge is 2.21. The highest BCUT2D eigenvalue weighted by Crippen LogP contribution is 2.30. The van der Waals surface area contributed by atoms with Crippen LogP contribution in [0, 0.1) is 0 Å². The molecule has 0 radical (unpaired) electrons. The van der Waals surface area contributed by atoms with Gasteiger partial charge in [-0.1, -0.05) is 24.4 Å². The Morgan fingerprint density at radius 2 is 2.19 bits per heavy atom. The van der Waals surface area contributed by atoms with Gasteiger partial charge in [-0.2, -0.15) is 0 Å². The van der Waals surface area contributed by atoms with Crippen molar-refractivity contribution >= 4 is 22.8 Å². The third-order valence-electron chi connectivity index (χ3n) is 3.21. The number of imidazole rings is 1. The normalized spacial score (nSPS) is 17.3. The molecule has 1 N–H and O–H groups in total. The van der Waals surface area contributed by atoms with Crippen LogP contribution in [0.2, 0.25) is 5.02 Å². The number of hydrogen-bond acceptors (Lipinski definition) is 2. The first-order chi connectivity index (χ1) is 7.75. The Hall–Kier alpha value is -1.29. The molecule has 1 aliphatic carbocycles. The summed E-state index contributed by atoms with van der Waals surface area (Å²) in [5, 5.41) is 0.548. The minimum absolute atomic E-state index is 0.0725. The van der Waals surface area contributed by atoms with E-state index >= 15 is 0 Å². The Morgan fingerprint density at radius 1 is 1.44 bits per heavy atom. The minimum Gasteiger partial charge on any atom is -0.304 e. The molecule has 0 amide bonds. The quantitative estimate of drug-likeness (QED) is 0.829. The standard InChI is InChI=1S/C11H12ClN3O/c12-7-5-9-10(13-6-7)15(11(16)14-9)8-3-1-2-4-8/h5-6,8H,1-4H2,(H,14,16). The molecule has 2 heterocycles. The van der Waals surface area contributed by atoms with E-state index in [1.807, 2.05) is 0 Å². The van der Waals surface area contributed by atoms with Gasteiger partial charge in [0.05, 0.1) is 10.5 Å². The van der Waals surface area contributed by atoms with Gasteiger partial charge in [0.25, 0.3) is 0 Å². The summed E-state index contributed by atoms with van der Waals surface area (Å²) in [6.07, 6.45) is 6.10. The summed E-state index contributed by atoms with van der Waals surface area (Å²) in [5.41, 5.74) is 1.38. The molecule has 1 aliphatic rings. The number of hydrogen-bond donors (Lipinski definition) is 1. The molecule has 84 valence electrons. The summed E-state index contributed by atoms with van der Waals surface area (Å²) in [5.74, 6) is 0. The smallest absolute Gasteiger partial charge is 0.304 e. The molecule has 0 bridgehead atoms. The largest absolute Gasteiger partial charge is 0.327 e. The first-order valence-electron chi connectivity index (χ1n) is 5.51. The molecule has 2 aromatic heterocycles. The maximum absolute atomic E-state index is 11.9. The minimum atomic E-state index is -0.0725. The van der Waals surface area contributed by atoms with Crippen molar-refractivity contribution in [3.05, 3.63) is 27.8 Å². The van der Waals surface area contributed by atoms with E-state index in [0.717, 1.165) is 24.0 Å². The van der Waals surface area contributed by atoms with Crippen LogP contribution < -0.4 is 5.69 Å².